The van der Waals surface area contributed by atoms with Crippen LogP contribution in [-0.2, 0) is 65.4 Å². The van der Waals surface area contributed by atoms with Gasteiger partial charge in [-0.25, -0.2) is 0 Å². The molecule has 0 saturated carbocycles. The predicted molar refractivity (Wildman–Crippen MR) is 46.8 cm³/mol. The Bertz CT molecular complexity index is 58.5. The van der Waals surface area contributed by atoms with E-state index in [4.69, 9.17) is 10.2 Å². The molecule has 0 unspecified atom stereocenters. The zero-order valence-electron chi connectivity index (χ0n) is 8.77. The summed E-state index contributed by atoms with van der Waals surface area (Å²) in [4.78, 5) is 2.86. The van der Waals surface area contributed by atoms with Gasteiger partial charge in [0.1, 0.15) is 0 Å². The summed E-state index contributed by atoms with van der Waals surface area (Å²) in [6, 6.07) is 0. The molecule has 6 heteroatoms. The average molecular weight is 341 g/mol. The smallest absolute Gasteiger partial charge is 0.0683 e. The first-order valence-corrected chi connectivity index (χ1v) is 2.79. The van der Waals surface area contributed by atoms with Crippen molar-refractivity contribution >= 4 is 0 Å². The van der Waals surface area contributed by atoms with Crippen molar-refractivity contribution in [1.82, 2.24) is 9.80 Å². The Kier molecular flexibility index (Phi) is 53.6. The molecule has 0 aliphatic rings. The predicted octanol–water partition coefficient (Wildman–Crippen LogP) is -0.236. The summed E-state index contributed by atoms with van der Waals surface area (Å²) >= 11 is 0. The van der Waals surface area contributed by atoms with Gasteiger partial charge in [-0.05, 0) is 14.1 Å². The van der Waals surface area contributed by atoms with Crippen molar-refractivity contribution in [3.63, 3.8) is 0 Å². The summed E-state index contributed by atoms with van der Waals surface area (Å²) in [5.41, 5.74) is 0. The van der Waals surface area contributed by atoms with Gasteiger partial charge in [0.15, 0.2) is 0 Å². The van der Waals surface area contributed by atoms with Gasteiger partial charge in [-0.2, -0.15) is 0 Å². The molecule has 0 amide bonds. The Morgan fingerprint density at radius 1 is 0.923 bits per heavy atom. The Balaban J connectivity index is -0.0000000267. The topological polar surface area (TPSA) is 46.9 Å². The standard InChI is InChI=1S/2C3H8NO.CH3.2Y/c2*1-4(2)3-5;;;/h2*5H,1,3H2,2H3;1H3;;/q3*-1;;. The average Bonchev–Trinajstić information content (AvgIpc) is 1.89. The van der Waals surface area contributed by atoms with Crippen molar-refractivity contribution in [3.8, 4) is 0 Å². The molecule has 78 valence electrons. The molecule has 0 bridgehead atoms. The van der Waals surface area contributed by atoms with E-state index in [-0.39, 0.29) is 86.3 Å². The minimum atomic E-state index is 0. The van der Waals surface area contributed by atoms with Crippen molar-refractivity contribution in [3.05, 3.63) is 21.5 Å². The van der Waals surface area contributed by atoms with E-state index in [2.05, 4.69) is 14.1 Å². The molecule has 0 aliphatic heterocycles. The third-order valence-electron chi connectivity index (χ3n) is 0.483. The summed E-state index contributed by atoms with van der Waals surface area (Å²) in [5.74, 6) is 0. The fourth-order valence-electron chi connectivity index (χ4n) is 0. The van der Waals surface area contributed by atoms with E-state index in [9.17, 15) is 0 Å². The third kappa shape index (κ3) is 55.7. The van der Waals surface area contributed by atoms with E-state index in [0.29, 0.717) is 0 Å². The largest absolute Gasteiger partial charge is 0.440 e. The second-order valence-corrected chi connectivity index (χ2v) is 1.99. The van der Waals surface area contributed by atoms with Gasteiger partial charge in [-0.15, -0.1) is 0 Å². The van der Waals surface area contributed by atoms with Gasteiger partial charge >= 0.3 is 0 Å². The molecule has 0 fully saturated rings. The molecular formula is C7H19N2O2Y2-3. The van der Waals surface area contributed by atoms with Crippen LogP contribution >= 0.6 is 0 Å². The number of nitrogens with zero attached hydrogens (tertiary/aromatic N) is 2. The van der Waals surface area contributed by atoms with Crippen LogP contribution in [0.1, 0.15) is 0 Å². The minimum absolute atomic E-state index is 0. The van der Waals surface area contributed by atoms with Crippen molar-refractivity contribution in [2.24, 2.45) is 0 Å². The second kappa shape index (κ2) is 23.7. The normalized spacial score (nSPS) is 7.38. The molecule has 0 saturated heterocycles. The van der Waals surface area contributed by atoms with Gasteiger partial charge in [0.2, 0.25) is 0 Å². The minimum Gasteiger partial charge on any atom is -0.440 e. The van der Waals surface area contributed by atoms with Crippen LogP contribution in [0.25, 0.3) is 0 Å². The number of hydrogen-bond acceptors (Lipinski definition) is 4. The molecule has 0 aromatic rings. The summed E-state index contributed by atoms with van der Waals surface area (Å²) < 4.78 is 0. The summed E-state index contributed by atoms with van der Waals surface area (Å²) in [6.45, 7) is 0.0556. The Morgan fingerprint density at radius 2 is 1.00 bits per heavy atom. The molecule has 2 radical (unpaired) electrons. The van der Waals surface area contributed by atoms with E-state index >= 15 is 0 Å². The van der Waals surface area contributed by atoms with Gasteiger partial charge in [0, 0.05) is 65.4 Å². The maximum absolute atomic E-state index is 8.01. The molecule has 2 N–H and O–H groups in total. The number of aliphatic hydroxyl groups is 2. The number of aliphatic hydroxyl groups excluding tert-OH is 2. The van der Waals surface area contributed by atoms with E-state index in [0.717, 1.165) is 0 Å². The molecule has 13 heavy (non-hydrogen) atoms. The fourth-order valence-corrected chi connectivity index (χ4v) is 0. The van der Waals surface area contributed by atoms with Crippen LogP contribution in [0.3, 0.4) is 0 Å². The van der Waals surface area contributed by atoms with E-state index in [1.807, 2.05) is 0 Å². The second-order valence-electron chi connectivity index (χ2n) is 1.99. The van der Waals surface area contributed by atoms with Gasteiger partial charge < -0.3 is 27.4 Å². The maximum atomic E-state index is 8.01. The van der Waals surface area contributed by atoms with Crippen LogP contribution in [-0.4, -0.2) is 47.6 Å². The number of rotatable bonds is 2. The zero-order chi connectivity index (χ0) is 8.57. The van der Waals surface area contributed by atoms with Crippen LogP contribution < -0.4 is 0 Å². The summed E-state index contributed by atoms with van der Waals surface area (Å²) in [5, 5.41) is 16.0. The first kappa shape index (κ1) is 29.4. The van der Waals surface area contributed by atoms with Crippen LogP contribution in [0.5, 0.6) is 0 Å². The molecule has 0 rings (SSSR count). The third-order valence-corrected chi connectivity index (χ3v) is 0.483. The summed E-state index contributed by atoms with van der Waals surface area (Å²) in [6.07, 6.45) is 0. The monoisotopic (exact) mass is 341 g/mol. The molecule has 0 aromatic carbocycles. The fraction of sp³-hybridized carbons (Fsp3) is 0.571. The van der Waals surface area contributed by atoms with Crippen molar-refractivity contribution in [2.75, 3.05) is 27.6 Å². The van der Waals surface area contributed by atoms with Gasteiger partial charge in [0.25, 0.3) is 0 Å². The Morgan fingerprint density at radius 3 is 1.00 bits per heavy atom. The molecule has 0 aromatic heterocycles. The maximum Gasteiger partial charge on any atom is 0.0683 e. The molecule has 4 nitrogen and oxygen atoms in total. The Hall–Kier alpha value is 2.05. The Labute approximate surface area is 133 Å². The summed E-state index contributed by atoms with van der Waals surface area (Å²) in [7, 11) is 10.1. The van der Waals surface area contributed by atoms with Gasteiger partial charge in [-0.1, -0.05) is 0 Å². The molecule has 0 aliphatic carbocycles. The van der Waals surface area contributed by atoms with Crippen LogP contribution in [0, 0.1) is 21.5 Å². The molecule has 0 heterocycles. The van der Waals surface area contributed by atoms with E-state index in [1.165, 1.54) is 9.80 Å². The first-order valence-electron chi connectivity index (χ1n) is 2.79. The van der Waals surface area contributed by atoms with Crippen LogP contribution in [0.4, 0.5) is 0 Å². The van der Waals surface area contributed by atoms with Gasteiger partial charge in [-0.3, -0.25) is 14.1 Å². The van der Waals surface area contributed by atoms with Crippen LogP contribution in [0.15, 0.2) is 0 Å². The molecule has 0 atom stereocenters. The van der Waals surface area contributed by atoms with E-state index in [1.54, 1.807) is 14.1 Å². The molecular weight excluding hydrogens is 322 g/mol. The quantitative estimate of drug-likeness (QED) is 0.538. The van der Waals surface area contributed by atoms with Crippen molar-refractivity contribution in [1.29, 1.82) is 0 Å². The number of hydrogen-bond donors (Lipinski definition) is 2. The van der Waals surface area contributed by atoms with E-state index < -0.39 is 0 Å². The molecule has 0 spiro atoms. The zero-order valence-corrected chi connectivity index (χ0v) is 14.4. The van der Waals surface area contributed by atoms with Gasteiger partial charge in [0.05, 0.1) is 13.5 Å². The van der Waals surface area contributed by atoms with Crippen molar-refractivity contribution in [2.45, 2.75) is 0 Å². The SMILES string of the molecule is [CH2-]N(C)CO.[CH2-]N(C)CO.[CH3-].[Y].[Y]. The van der Waals surface area contributed by atoms with Crippen molar-refractivity contribution < 1.29 is 75.6 Å². The van der Waals surface area contributed by atoms with Crippen LogP contribution in [0.2, 0.25) is 0 Å². The first-order chi connectivity index (χ1) is 4.54.